The van der Waals surface area contributed by atoms with Crippen LogP contribution in [0.15, 0.2) is 22.7 Å². The van der Waals surface area contributed by atoms with E-state index in [-0.39, 0.29) is 5.82 Å². The number of hydrogen-bond donors (Lipinski definition) is 0. The van der Waals surface area contributed by atoms with Crippen molar-refractivity contribution in [1.82, 2.24) is 0 Å². The van der Waals surface area contributed by atoms with Crippen LogP contribution >= 0.6 is 15.9 Å². The Morgan fingerprint density at radius 2 is 2.25 bits per heavy atom. The van der Waals surface area contributed by atoms with Crippen molar-refractivity contribution < 1.29 is 4.39 Å². The second-order valence-corrected chi connectivity index (χ2v) is 3.39. The van der Waals surface area contributed by atoms with Gasteiger partial charge in [0.05, 0.1) is 5.56 Å². The summed E-state index contributed by atoms with van der Waals surface area (Å²) in [6, 6.07) is 4.21. The molecule has 1 aromatic rings. The van der Waals surface area contributed by atoms with E-state index in [4.69, 9.17) is 6.57 Å². The minimum Gasteiger partial charge on any atom is -0.309 e. The standard InChI is InChI=1S/C9H7BrFN/c1-6(12-2)8-5-7(10)3-4-9(8)11/h3-6H,1H3. The molecule has 3 heteroatoms. The second kappa shape index (κ2) is 3.68. The Hall–Kier alpha value is -0.880. The van der Waals surface area contributed by atoms with Crippen LogP contribution in [0.4, 0.5) is 4.39 Å². The van der Waals surface area contributed by atoms with Crippen LogP contribution in [-0.4, -0.2) is 0 Å². The fraction of sp³-hybridized carbons (Fsp3) is 0.222. The van der Waals surface area contributed by atoms with Gasteiger partial charge in [0.25, 0.3) is 0 Å². The summed E-state index contributed by atoms with van der Waals surface area (Å²) in [6.07, 6.45) is 0. The van der Waals surface area contributed by atoms with Gasteiger partial charge in [-0.3, -0.25) is 0 Å². The van der Waals surface area contributed by atoms with Crippen molar-refractivity contribution in [2.75, 3.05) is 0 Å². The molecule has 0 aliphatic heterocycles. The molecule has 1 nitrogen and oxygen atoms in total. The first-order valence-corrected chi connectivity index (χ1v) is 4.26. The van der Waals surface area contributed by atoms with E-state index in [1.807, 2.05) is 0 Å². The molecule has 1 aromatic carbocycles. The van der Waals surface area contributed by atoms with Gasteiger partial charge in [0.1, 0.15) is 5.82 Å². The summed E-state index contributed by atoms with van der Waals surface area (Å²) in [4.78, 5) is 3.25. The van der Waals surface area contributed by atoms with Crippen molar-refractivity contribution in [2.45, 2.75) is 13.0 Å². The van der Waals surface area contributed by atoms with Crippen LogP contribution in [0.25, 0.3) is 4.85 Å². The molecule has 0 amide bonds. The third kappa shape index (κ3) is 1.83. The predicted molar refractivity (Wildman–Crippen MR) is 49.1 cm³/mol. The molecule has 0 aliphatic rings. The number of nitrogens with zero attached hydrogens (tertiary/aromatic N) is 1. The Kier molecular flexibility index (Phi) is 2.83. The van der Waals surface area contributed by atoms with Crippen molar-refractivity contribution in [3.05, 3.63) is 45.5 Å². The van der Waals surface area contributed by atoms with Crippen LogP contribution in [0.2, 0.25) is 0 Å². The molecule has 0 spiro atoms. The SMILES string of the molecule is [C-]#[N+]C(C)c1cc(Br)ccc1F. The molecule has 0 aliphatic carbocycles. The summed E-state index contributed by atoms with van der Waals surface area (Å²) in [6.45, 7) is 8.43. The summed E-state index contributed by atoms with van der Waals surface area (Å²) in [5.74, 6) is -0.318. The monoisotopic (exact) mass is 227 g/mol. The minimum absolute atomic E-state index is 0.318. The second-order valence-electron chi connectivity index (χ2n) is 2.47. The summed E-state index contributed by atoms with van der Waals surface area (Å²) < 4.78 is 13.8. The molecule has 0 aromatic heterocycles. The summed E-state index contributed by atoms with van der Waals surface area (Å²) >= 11 is 3.22. The number of benzene rings is 1. The Labute approximate surface area is 79.2 Å². The van der Waals surface area contributed by atoms with Gasteiger partial charge in [-0.15, -0.1) is 0 Å². The first-order valence-electron chi connectivity index (χ1n) is 3.46. The summed E-state index contributed by atoms with van der Waals surface area (Å²) in [5.41, 5.74) is 0.444. The van der Waals surface area contributed by atoms with Gasteiger partial charge in [0.2, 0.25) is 6.04 Å². The predicted octanol–water partition coefficient (Wildman–Crippen LogP) is 3.57. The van der Waals surface area contributed by atoms with Crippen LogP contribution in [-0.2, 0) is 0 Å². The van der Waals surface area contributed by atoms with E-state index < -0.39 is 6.04 Å². The van der Waals surface area contributed by atoms with Crippen molar-refractivity contribution in [1.29, 1.82) is 0 Å². The van der Waals surface area contributed by atoms with E-state index in [1.54, 1.807) is 19.1 Å². The molecular weight excluding hydrogens is 221 g/mol. The van der Waals surface area contributed by atoms with Gasteiger partial charge in [-0.25, -0.2) is 11.0 Å². The lowest BCUT2D eigenvalue weighted by Gasteiger charge is -2.01. The van der Waals surface area contributed by atoms with Crippen molar-refractivity contribution in [2.24, 2.45) is 0 Å². The average Bonchev–Trinajstić information content (AvgIpc) is 2.08. The zero-order valence-corrected chi connectivity index (χ0v) is 8.10. The van der Waals surface area contributed by atoms with Gasteiger partial charge in [-0.2, -0.15) is 0 Å². The fourth-order valence-corrected chi connectivity index (χ4v) is 1.28. The molecule has 62 valence electrons. The smallest absolute Gasteiger partial charge is 0.248 e. The van der Waals surface area contributed by atoms with Gasteiger partial charge < -0.3 is 4.85 Å². The van der Waals surface area contributed by atoms with Crippen molar-refractivity contribution in [3.8, 4) is 0 Å². The van der Waals surface area contributed by atoms with Gasteiger partial charge in [0.15, 0.2) is 0 Å². The van der Waals surface area contributed by atoms with Crippen LogP contribution < -0.4 is 0 Å². The molecule has 0 fully saturated rings. The van der Waals surface area contributed by atoms with E-state index in [1.165, 1.54) is 6.07 Å². The molecule has 0 bridgehead atoms. The number of halogens is 2. The van der Waals surface area contributed by atoms with Crippen LogP contribution in [0, 0.1) is 12.4 Å². The van der Waals surface area contributed by atoms with E-state index in [0.717, 1.165) is 4.47 Å². The Bertz CT molecular complexity index is 330. The topological polar surface area (TPSA) is 4.36 Å². The lowest BCUT2D eigenvalue weighted by atomic mass is 10.1. The first kappa shape index (κ1) is 9.21. The molecular formula is C9H7BrFN. The molecule has 1 unspecified atom stereocenters. The summed E-state index contributed by atoms with van der Waals surface area (Å²) in [7, 11) is 0. The average molecular weight is 228 g/mol. The Morgan fingerprint density at radius 3 is 2.83 bits per heavy atom. The maximum absolute atomic E-state index is 13.0. The lowest BCUT2D eigenvalue weighted by Crippen LogP contribution is -1.91. The normalized spacial score (nSPS) is 12.2. The van der Waals surface area contributed by atoms with Gasteiger partial charge in [-0.1, -0.05) is 15.9 Å². The quantitative estimate of drug-likeness (QED) is 0.647. The minimum atomic E-state index is -0.414. The number of rotatable bonds is 1. The molecule has 0 heterocycles. The van der Waals surface area contributed by atoms with E-state index >= 15 is 0 Å². The third-order valence-corrected chi connectivity index (χ3v) is 2.10. The van der Waals surface area contributed by atoms with E-state index in [9.17, 15) is 4.39 Å². The zero-order valence-electron chi connectivity index (χ0n) is 6.51. The van der Waals surface area contributed by atoms with Crippen LogP contribution in [0.5, 0.6) is 0 Å². The van der Waals surface area contributed by atoms with Gasteiger partial charge >= 0.3 is 0 Å². The highest BCUT2D eigenvalue weighted by Crippen LogP contribution is 2.23. The highest BCUT2D eigenvalue weighted by molar-refractivity contribution is 9.10. The Balaban J connectivity index is 3.15. The maximum Gasteiger partial charge on any atom is 0.248 e. The fourth-order valence-electron chi connectivity index (χ4n) is 0.904. The molecule has 0 saturated heterocycles. The Morgan fingerprint density at radius 1 is 1.58 bits per heavy atom. The van der Waals surface area contributed by atoms with E-state index in [0.29, 0.717) is 5.56 Å². The highest BCUT2D eigenvalue weighted by Gasteiger charge is 2.13. The van der Waals surface area contributed by atoms with E-state index in [2.05, 4.69) is 20.8 Å². The largest absolute Gasteiger partial charge is 0.309 e. The van der Waals surface area contributed by atoms with Gasteiger partial charge in [0, 0.05) is 11.4 Å². The molecule has 0 radical (unpaired) electrons. The molecule has 1 atom stereocenters. The summed E-state index contributed by atoms with van der Waals surface area (Å²) in [5, 5.41) is 0. The maximum atomic E-state index is 13.0. The van der Waals surface area contributed by atoms with Crippen LogP contribution in [0.1, 0.15) is 18.5 Å². The molecule has 12 heavy (non-hydrogen) atoms. The molecule has 0 N–H and O–H groups in total. The first-order chi connectivity index (χ1) is 5.65. The molecule has 1 rings (SSSR count). The van der Waals surface area contributed by atoms with Crippen LogP contribution in [0.3, 0.4) is 0 Å². The molecule has 0 saturated carbocycles. The third-order valence-electron chi connectivity index (χ3n) is 1.60. The number of hydrogen-bond acceptors (Lipinski definition) is 0. The van der Waals surface area contributed by atoms with Crippen molar-refractivity contribution in [3.63, 3.8) is 0 Å². The van der Waals surface area contributed by atoms with Gasteiger partial charge in [-0.05, 0) is 18.2 Å². The zero-order chi connectivity index (χ0) is 9.14. The highest BCUT2D eigenvalue weighted by atomic mass is 79.9. The lowest BCUT2D eigenvalue weighted by molar-refractivity contribution is 0.604. The van der Waals surface area contributed by atoms with Crippen molar-refractivity contribution >= 4 is 15.9 Å².